The molecule has 0 fully saturated rings. The Morgan fingerprint density at radius 1 is 1.04 bits per heavy atom. The molecule has 0 bridgehead atoms. The monoisotopic (exact) mass is 381 g/mol. The van der Waals surface area contributed by atoms with Gasteiger partial charge in [-0.3, -0.25) is 4.79 Å². The number of fused-ring (bicyclic) bond motifs is 1. The van der Waals surface area contributed by atoms with Crippen LogP contribution in [-0.4, -0.2) is 15.7 Å². The Bertz CT molecular complexity index is 902. The Morgan fingerprint density at radius 2 is 1.79 bits per heavy atom. The molecule has 4 nitrogen and oxygen atoms in total. The summed E-state index contributed by atoms with van der Waals surface area (Å²) >= 11 is 3.44. The molecule has 0 radical (unpaired) electrons. The minimum atomic E-state index is -0.130. The van der Waals surface area contributed by atoms with E-state index in [9.17, 15) is 4.79 Å². The van der Waals surface area contributed by atoms with Crippen LogP contribution in [0.25, 0.3) is 5.69 Å². The molecule has 0 atom stereocenters. The molecule has 0 saturated heterocycles. The molecule has 1 amide bonds. The van der Waals surface area contributed by atoms with Crippen molar-refractivity contribution in [2.75, 3.05) is 5.32 Å². The van der Waals surface area contributed by atoms with Gasteiger partial charge in [-0.1, -0.05) is 30.3 Å². The lowest BCUT2D eigenvalue weighted by atomic mass is 10.2. The number of aromatic nitrogens is 2. The van der Waals surface area contributed by atoms with Crippen LogP contribution in [0.5, 0.6) is 0 Å². The number of amides is 1. The Kier molecular flexibility index (Phi) is 3.94. The van der Waals surface area contributed by atoms with Crippen LogP contribution in [0, 0.1) is 0 Å². The molecule has 4 rings (SSSR count). The van der Waals surface area contributed by atoms with Gasteiger partial charge in [-0.25, -0.2) is 4.68 Å². The van der Waals surface area contributed by atoms with Gasteiger partial charge in [0.2, 0.25) is 0 Å². The van der Waals surface area contributed by atoms with Crippen LogP contribution in [0.1, 0.15) is 28.0 Å². The third-order valence-electron chi connectivity index (χ3n) is 4.26. The highest BCUT2D eigenvalue weighted by molar-refractivity contribution is 9.10. The van der Waals surface area contributed by atoms with E-state index in [1.165, 1.54) is 0 Å². The SMILES string of the molecule is O=C(Nc1c2c(nn1-c1ccccc1)CCC2)c1ccccc1Br. The second-order valence-corrected chi connectivity index (χ2v) is 6.66. The molecule has 120 valence electrons. The number of para-hydroxylation sites is 1. The quantitative estimate of drug-likeness (QED) is 0.731. The van der Waals surface area contributed by atoms with Crippen molar-refractivity contribution < 1.29 is 4.79 Å². The number of aryl methyl sites for hydroxylation is 1. The van der Waals surface area contributed by atoms with Gasteiger partial charge < -0.3 is 5.32 Å². The number of benzene rings is 2. The highest BCUT2D eigenvalue weighted by atomic mass is 79.9. The fourth-order valence-corrected chi connectivity index (χ4v) is 3.56. The number of carbonyl (C=O) groups is 1. The largest absolute Gasteiger partial charge is 0.306 e. The number of halogens is 1. The van der Waals surface area contributed by atoms with Crippen LogP contribution in [-0.2, 0) is 12.8 Å². The van der Waals surface area contributed by atoms with Crippen LogP contribution in [0.3, 0.4) is 0 Å². The lowest BCUT2D eigenvalue weighted by Gasteiger charge is -2.11. The number of rotatable bonds is 3. The van der Waals surface area contributed by atoms with Crippen LogP contribution in [0.15, 0.2) is 59.1 Å². The van der Waals surface area contributed by atoms with Crippen molar-refractivity contribution in [1.29, 1.82) is 0 Å². The van der Waals surface area contributed by atoms with E-state index in [4.69, 9.17) is 5.10 Å². The summed E-state index contributed by atoms with van der Waals surface area (Å²) in [4.78, 5) is 12.7. The fraction of sp³-hybridized carbons (Fsp3) is 0.158. The van der Waals surface area contributed by atoms with Gasteiger partial charge in [0.1, 0.15) is 5.82 Å². The van der Waals surface area contributed by atoms with E-state index in [1.807, 2.05) is 59.3 Å². The molecule has 0 aliphatic heterocycles. The normalized spacial score (nSPS) is 12.9. The molecule has 1 aliphatic carbocycles. The average molecular weight is 382 g/mol. The smallest absolute Gasteiger partial charge is 0.257 e. The van der Waals surface area contributed by atoms with Gasteiger partial charge in [-0.05, 0) is 59.5 Å². The van der Waals surface area contributed by atoms with Crippen molar-refractivity contribution in [3.05, 3.63) is 75.9 Å². The van der Waals surface area contributed by atoms with Crippen LogP contribution in [0.2, 0.25) is 0 Å². The minimum absolute atomic E-state index is 0.130. The lowest BCUT2D eigenvalue weighted by molar-refractivity contribution is 0.102. The predicted molar refractivity (Wildman–Crippen MR) is 97.7 cm³/mol. The number of nitrogens with zero attached hydrogens (tertiary/aromatic N) is 2. The predicted octanol–water partition coefficient (Wildman–Crippen LogP) is 4.38. The van der Waals surface area contributed by atoms with Gasteiger partial charge in [0.25, 0.3) is 5.91 Å². The van der Waals surface area contributed by atoms with Crippen molar-refractivity contribution in [3.63, 3.8) is 0 Å². The topological polar surface area (TPSA) is 46.9 Å². The molecule has 3 aromatic rings. The molecule has 5 heteroatoms. The number of carbonyl (C=O) groups excluding carboxylic acids is 1. The Hall–Kier alpha value is -2.40. The number of hydrogen-bond donors (Lipinski definition) is 1. The molecule has 0 saturated carbocycles. The average Bonchev–Trinajstić information content (AvgIpc) is 3.19. The Balaban J connectivity index is 1.75. The number of anilines is 1. The van der Waals surface area contributed by atoms with Crippen LogP contribution in [0.4, 0.5) is 5.82 Å². The van der Waals surface area contributed by atoms with E-state index in [0.29, 0.717) is 5.56 Å². The summed E-state index contributed by atoms with van der Waals surface area (Å²) in [6.45, 7) is 0. The second-order valence-electron chi connectivity index (χ2n) is 5.81. The molecule has 1 aromatic heterocycles. The molecule has 24 heavy (non-hydrogen) atoms. The third kappa shape index (κ3) is 2.65. The van der Waals surface area contributed by atoms with Crippen molar-refractivity contribution in [3.8, 4) is 5.69 Å². The van der Waals surface area contributed by atoms with Crippen LogP contribution >= 0.6 is 15.9 Å². The number of hydrogen-bond acceptors (Lipinski definition) is 2. The molecule has 1 aliphatic rings. The van der Waals surface area contributed by atoms with E-state index in [2.05, 4.69) is 21.2 Å². The maximum Gasteiger partial charge on any atom is 0.257 e. The standard InChI is InChI=1S/C19H16BrN3O/c20-16-11-5-4-9-14(16)19(24)21-18-15-10-6-12-17(15)22-23(18)13-7-2-1-3-8-13/h1-5,7-9,11H,6,10,12H2,(H,21,24). The third-order valence-corrected chi connectivity index (χ3v) is 4.95. The molecule has 0 unspecified atom stereocenters. The molecule has 1 heterocycles. The first-order valence-corrected chi connectivity index (χ1v) is 8.75. The van der Waals surface area contributed by atoms with Crippen molar-refractivity contribution in [2.45, 2.75) is 19.3 Å². The second kappa shape index (κ2) is 6.24. The van der Waals surface area contributed by atoms with E-state index in [1.54, 1.807) is 0 Å². The molecule has 1 N–H and O–H groups in total. The maximum absolute atomic E-state index is 12.7. The summed E-state index contributed by atoms with van der Waals surface area (Å²) in [5.41, 5.74) is 3.81. The molecular weight excluding hydrogens is 366 g/mol. The van der Waals surface area contributed by atoms with E-state index in [-0.39, 0.29) is 5.91 Å². The Labute approximate surface area is 148 Å². The van der Waals surface area contributed by atoms with Gasteiger partial charge in [-0.2, -0.15) is 5.10 Å². The zero-order chi connectivity index (χ0) is 16.5. The summed E-state index contributed by atoms with van der Waals surface area (Å²) in [6.07, 6.45) is 3.01. The lowest BCUT2D eigenvalue weighted by Crippen LogP contribution is -2.16. The summed E-state index contributed by atoms with van der Waals surface area (Å²) < 4.78 is 2.63. The van der Waals surface area contributed by atoms with Gasteiger partial charge in [0.15, 0.2) is 0 Å². The van der Waals surface area contributed by atoms with E-state index < -0.39 is 0 Å². The first-order valence-electron chi connectivity index (χ1n) is 7.96. The van der Waals surface area contributed by atoms with Gasteiger partial charge in [0, 0.05) is 10.0 Å². The zero-order valence-corrected chi connectivity index (χ0v) is 14.6. The minimum Gasteiger partial charge on any atom is -0.306 e. The molecule has 2 aromatic carbocycles. The first-order chi connectivity index (χ1) is 11.7. The van der Waals surface area contributed by atoms with Gasteiger partial charge >= 0.3 is 0 Å². The van der Waals surface area contributed by atoms with Crippen LogP contribution < -0.4 is 5.32 Å². The molecular formula is C19H16BrN3O. The van der Waals surface area contributed by atoms with Crippen molar-refractivity contribution >= 4 is 27.7 Å². The number of nitrogens with one attached hydrogen (secondary N) is 1. The summed E-state index contributed by atoms with van der Waals surface area (Å²) in [7, 11) is 0. The van der Waals surface area contributed by atoms with E-state index >= 15 is 0 Å². The highest BCUT2D eigenvalue weighted by Gasteiger charge is 2.24. The summed E-state index contributed by atoms with van der Waals surface area (Å²) in [5.74, 6) is 0.656. The summed E-state index contributed by atoms with van der Waals surface area (Å²) in [5, 5.41) is 7.80. The fourth-order valence-electron chi connectivity index (χ4n) is 3.10. The summed E-state index contributed by atoms with van der Waals surface area (Å²) in [6, 6.07) is 17.3. The zero-order valence-electron chi connectivity index (χ0n) is 13.0. The first kappa shape index (κ1) is 15.1. The van der Waals surface area contributed by atoms with Crippen molar-refractivity contribution in [1.82, 2.24) is 9.78 Å². The highest BCUT2D eigenvalue weighted by Crippen LogP contribution is 2.31. The van der Waals surface area contributed by atoms with Gasteiger partial charge in [-0.15, -0.1) is 0 Å². The maximum atomic E-state index is 12.7. The van der Waals surface area contributed by atoms with E-state index in [0.717, 1.165) is 46.5 Å². The molecule has 0 spiro atoms. The van der Waals surface area contributed by atoms with Gasteiger partial charge in [0.05, 0.1) is 16.9 Å². The Morgan fingerprint density at radius 3 is 2.58 bits per heavy atom. The van der Waals surface area contributed by atoms with Crippen molar-refractivity contribution in [2.24, 2.45) is 0 Å².